The highest BCUT2D eigenvalue weighted by atomic mass is 16.6. The summed E-state index contributed by atoms with van der Waals surface area (Å²) >= 11 is 0. The maximum atomic E-state index is 14.1. The van der Waals surface area contributed by atoms with Gasteiger partial charge in [-0.05, 0) is 85.7 Å². The van der Waals surface area contributed by atoms with Crippen LogP contribution in [0.4, 0.5) is 16.2 Å². The molecule has 0 saturated carbocycles. The van der Waals surface area contributed by atoms with E-state index in [9.17, 15) is 24.3 Å². The van der Waals surface area contributed by atoms with Gasteiger partial charge in [0.15, 0.2) is 6.10 Å². The van der Waals surface area contributed by atoms with Gasteiger partial charge in [0.05, 0.1) is 12.2 Å². The summed E-state index contributed by atoms with van der Waals surface area (Å²) in [5, 5.41) is 13.6. The topological polar surface area (TPSA) is 141 Å². The lowest BCUT2D eigenvalue weighted by Crippen LogP contribution is -2.53. The Balaban J connectivity index is 1.19. The number of ether oxygens (including phenoxy) is 3. The molecule has 0 aliphatic carbocycles. The fraction of sp³-hybridized carbons (Fsp3) is 0.463. The van der Waals surface area contributed by atoms with Crippen molar-refractivity contribution in [3.63, 3.8) is 0 Å². The minimum atomic E-state index is -1.06. The summed E-state index contributed by atoms with van der Waals surface area (Å²) in [7, 11) is 3.43. The average Bonchev–Trinajstić information content (AvgIpc) is 3.20. The van der Waals surface area contributed by atoms with Gasteiger partial charge in [0.1, 0.15) is 12.4 Å². The van der Waals surface area contributed by atoms with E-state index < -0.39 is 18.2 Å². The third kappa shape index (κ3) is 10.2. The van der Waals surface area contributed by atoms with E-state index in [4.69, 9.17) is 14.2 Å². The monoisotopic (exact) mass is 743 g/mol. The van der Waals surface area contributed by atoms with Crippen LogP contribution >= 0.6 is 0 Å². The number of piperidine rings is 1. The van der Waals surface area contributed by atoms with Gasteiger partial charge in [-0.3, -0.25) is 9.59 Å². The number of amides is 3. The maximum absolute atomic E-state index is 14.1. The van der Waals surface area contributed by atoms with E-state index in [2.05, 4.69) is 16.3 Å². The third-order valence-electron chi connectivity index (χ3n) is 10.3. The van der Waals surface area contributed by atoms with E-state index >= 15 is 0 Å². The van der Waals surface area contributed by atoms with Crippen molar-refractivity contribution < 1.29 is 38.5 Å². The van der Waals surface area contributed by atoms with Gasteiger partial charge in [0.2, 0.25) is 6.41 Å². The number of aryl methyl sites for hydroxylation is 2. The number of esters is 1. The summed E-state index contributed by atoms with van der Waals surface area (Å²) < 4.78 is 16.2. The van der Waals surface area contributed by atoms with Crippen LogP contribution in [0.1, 0.15) is 45.5 Å². The fourth-order valence-electron chi connectivity index (χ4n) is 7.18. The van der Waals surface area contributed by atoms with E-state index in [0.717, 1.165) is 28.9 Å². The predicted octanol–water partition coefficient (Wildman–Crippen LogP) is 4.42. The maximum Gasteiger partial charge on any atom is 0.410 e. The van der Waals surface area contributed by atoms with Crippen molar-refractivity contribution in [2.75, 3.05) is 83.4 Å². The first kappa shape index (κ1) is 39.9. The Morgan fingerprint density at radius 2 is 1.59 bits per heavy atom. The normalized spacial score (nSPS) is 15.4. The number of rotatable bonds is 15. The first-order valence-electron chi connectivity index (χ1n) is 18.6. The number of carbonyl (C=O) groups is 4. The molecule has 5 rings (SSSR count). The predicted molar refractivity (Wildman–Crippen MR) is 206 cm³/mol. The molecule has 3 aromatic rings. The number of hydrogen-bond acceptors (Lipinski definition) is 10. The van der Waals surface area contributed by atoms with Crippen LogP contribution in [0.2, 0.25) is 0 Å². The molecule has 3 aromatic carbocycles. The van der Waals surface area contributed by atoms with Crippen LogP contribution in [-0.2, 0) is 36.6 Å². The number of nitrogens with one attached hydrogen (secondary N) is 1. The summed E-state index contributed by atoms with van der Waals surface area (Å²) in [6.07, 6.45) is 1.37. The number of para-hydroxylation sites is 1. The van der Waals surface area contributed by atoms with Gasteiger partial charge in [0.25, 0.3) is 5.91 Å². The fourth-order valence-corrected chi connectivity index (χ4v) is 7.18. The summed E-state index contributed by atoms with van der Waals surface area (Å²) in [6.45, 7) is 7.46. The number of phenols is 1. The SMILES string of the molecule is CNc1ccccc1CCN(C=O)C1CCN(C(=O)O[C@H](Cc2cc(C)c(O)c(C)c2)C(=O)N2CCN(c3ccc(C(=O)OCCOC)cc3)CC2)CC1. The number of anilines is 2. The largest absolute Gasteiger partial charge is 0.507 e. The lowest BCUT2D eigenvalue weighted by molar-refractivity contribution is -0.141. The number of likely N-dealkylation sites (tertiary alicyclic amines) is 1. The molecule has 2 aliphatic heterocycles. The molecule has 2 N–H and O–H groups in total. The summed E-state index contributed by atoms with van der Waals surface area (Å²) in [5.74, 6) is -0.489. The van der Waals surface area contributed by atoms with Crippen molar-refractivity contribution in [3.8, 4) is 5.75 Å². The minimum absolute atomic E-state index is 0.00380. The third-order valence-corrected chi connectivity index (χ3v) is 10.3. The van der Waals surface area contributed by atoms with E-state index in [1.807, 2.05) is 54.4 Å². The Morgan fingerprint density at radius 1 is 0.926 bits per heavy atom. The quantitative estimate of drug-likeness (QED) is 0.131. The van der Waals surface area contributed by atoms with Crippen LogP contribution in [0.25, 0.3) is 0 Å². The Kier molecular flexibility index (Phi) is 14.2. The molecule has 2 heterocycles. The molecule has 54 heavy (non-hydrogen) atoms. The smallest absolute Gasteiger partial charge is 0.410 e. The van der Waals surface area contributed by atoms with Crippen LogP contribution in [0, 0.1) is 13.8 Å². The van der Waals surface area contributed by atoms with Gasteiger partial charge in [-0.1, -0.05) is 30.3 Å². The highest BCUT2D eigenvalue weighted by molar-refractivity contribution is 5.90. The number of aromatic hydroxyl groups is 1. The summed E-state index contributed by atoms with van der Waals surface area (Å²) in [5.41, 5.74) is 5.69. The second-order valence-electron chi connectivity index (χ2n) is 13.9. The minimum Gasteiger partial charge on any atom is -0.507 e. The van der Waals surface area contributed by atoms with Gasteiger partial charge in [-0.15, -0.1) is 0 Å². The molecule has 2 fully saturated rings. The van der Waals surface area contributed by atoms with Crippen molar-refractivity contribution in [2.24, 2.45) is 0 Å². The Bertz CT molecular complexity index is 1710. The van der Waals surface area contributed by atoms with Crippen LogP contribution in [-0.4, -0.2) is 130 Å². The number of phenolic OH excluding ortho intramolecular Hbond substituents is 1. The second kappa shape index (κ2) is 19.2. The van der Waals surface area contributed by atoms with E-state index in [-0.39, 0.29) is 30.7 Å². The average molecular weight is 744 g/mol. The zero-order chi connectivity index (χ0) is 38.6. The lowest BCUT2D eigenvalue weighted by atomic mass is 10.0. The van der Waals surface area contributed by atoms with Gasteiger partial charge in [-0.2, -0.15) is 0 Å². The van der Waals surface area contributed by atoms with Gasteiger partial charge >= 0.3 is 12.1 Å². The Morgan fingerprint density at radius 3 is 2.22 bits per heavy atom. The standard InChI is InChI=1S/C41H53N5O8/c1-29-25-31(26-30(2)38(29)48)27-37(39(49)44-21-19-43(20-22-44)34-11-9-33(10-12-34)40(50)53-24-23-52-4)54-41(51)45-17-14-35(15-18-45)46(28-47)16-13-32-7-5-6-8-36(32)42-3/h5-12,25-26,28,35,37,42,48H,13-24,27H2,1-4H3/t37-/m1/s1. The molecule has 2 aliphatic rings. The molecule has 13 heteroatoms. The van der Waals surface area contributed by atoms with Crippen molar-refractivity contribution in [1.82, 2.24) is 14.7 Å². The van der Waals surface area contributed by atoms with Crippen molar-refractivity contribution in [3.05, 3.63) is 88.5 Å². The van der Waals surface area contributed by atoms with Gasteiger partial charge in [0, 0.05) is 83.8 Å². The van der Waals surface area contributed by atoms with E-state index in [1.165, 1.54) is 0 Å². The number of nitrogens with zero attached hydrogens (tertiary/aromatic N) is 4. The summed E-state index contributed by atoms with van der Waals surface area (Å²) in [4.78, 5) is 59.5. The number of carbonyl (C=O) groups excluding carboxylic acids is 4. The van der Waals surface area contributed by atoms with Gasteiger partial charge in [-0.25, -0.2) is 9.59 Å². The summed E-state index contributed by atoms with van der Waals surface area (Å²) in [6, 6.07) is 18.8. The first-order valence-corrected chi connectivity index (χ1v) is 18.6. The number of benzene rings is 3. The molecule has 0 aromatic heterocycles. The zero-order valence-electron chi connectivity index (χ0n) is 31.8. The van der Waals surface area contributed by atoms with Crippen molar-refractivity contribution >= 4 is 35.8 Å². The molecule has 0 bridgehead atoms. The lowest BCUT2D eigenvalue weighted by Gasteiger charge is -2.38. The first-order chi connectivity index (χ1) is 26.1. The molecule has 0 unspecified atom stereocenters. The van der Waals surface area contributed by atoms with Crippen LogP contribution < -0.4 is 10.2 Å². The highest BCUT2D eigenvalue weighted by Gasteiger charge is 2.34. The van der Waals surface area contributed by atoms with E-state index in [0.29, 0.717) is 88.4 Å². The Hall–Kier alpha value is -5.30. The zero-order valence-corrected chi connectivity index (χ0v) is 31.8. The second-order valence-corrected chi connectivity index (χ2v) is 13.9. The van der Waals surface area contributed by atoms with Crippen LogP contribution in [0.15, 0.2) is 60.7 Å². The number of hydrogen-bond donors (Lipinski definition) is 2. The molecule has 290 valence electrons. The molecule has 0 spiro atoms. The highest BCUT2D eigenvalue weighted by Crippen LogP contribution is 2.26. The molecular weight excluding hydrogens is 690 g/mol. The van der Waals surface area contributed by atoms with Crippen molar-refractivity contribution in [2.45, 2.75) is 51.7 Å². The molecular formula is C41H53N5O8. The molecule has 2 saturated heterocycles. The van der Waals surface area contributed by atoms with Crippen LogP contribution in [0.5, 0.6) is 5.75 Å². The van der Waals surface area contributed by atoms with E-state index in [1.54, 1.807) is 42.9 Å². The molecule has 3 amide bonds. The number of piperazine rings is 1. The number of methoxy groups -OCH3 is 1. The van der Waals surface area contributed by atoms with Gasteiger partial charge < -0.3 is 44.2 Å². The van der Waals surface area contributed by atoms with Crippen LogP contribution in [0.3, 0.4) is 0 Å². The molecule has 1 atom stereocenters. The Labute approximate surface area is 317 Å². The van der Waals surface area contributed by atoms with Crippen molar-refractivity contribution in [1.29, 1.82) is 0 Å². The molecule has 0 radical (unpaired) electrons. The molecule has 13 nitrogen and oxygen atoms in total.